The normalized spacial score (nSPS) is 22.3. The third-order valence-corrected chi connectivity index (χ3v) is 6.76. The summed E-state index contributed by atoms with van der Waals surface area (Å²) < 4.78 is 0. The summed E-state index contributed by atoms with van der Waals surface area (Å²) in [5, 5.41) is 3.79. The van der Waals surface area contributed by atoms with Gasteiger partial charge in [0.1, 0.15) is 0 Å². The van der Waals surface area contributed by atoms with E-state index in [0.717, 1.165) is 45.6 Å². The lowest BCUT2D eigenvalue weighted by Crippen LogP contribution is -2.46. The fourth-order valence-corrected chi connectivity index (χ4v) is 4.82. The number of benzene rings is 1. The molecule has 2 aliphatic rings. The first-order chi connectivity index (χ1) is 12.1. The maximum Gasteiger partial charge on any atom is 0.317 e. The average Bonchev–Trinajstić information content (AvgIpc) is 3.10. The second kappa shape index (κ2) is 8.95. The van der Waals surface area contributed by atoms with Crippen LogP contribution in [0.5, 0.6) is 0 Å². The van der Waals surface area contributed by atoms with E-state index in [4.69, 9.17) is 0 Å². The molecule has 2 saturated heterocycles. The molecular weight excluding hydrogens is 330 g/mol. The highest BCUT2D eigenvalue weighted by Gasteiger charge is 2.25. The molecule has 1 N–H and O–H groups in total. The van der Waals surface area contributed by atoms with Crippen molar-refractivity contribution in [2.24, 2.45) is 5.92 Å². The van der Waals surface area contributed by atoms with Gasteiger partial charge < -0.3 is 15.1 Å². The lowest BCUT2D eigenvalue weighted by molar-refractivity contribution is 0.186. The second-order valence-corrected chi connectivity index (χ2v) is 8.73. The van der Waals surface area contributed by atoms with Gasteiger partial charge in [0, 0.05) is 36.3 Å². The zero-order chi connectivity index (χ0) is 17.6. The molecular formula is C20H31N3OS. The van der Waals surface area contributed by atoms with Gasteiger partial charge in [-0.2, -0.15) is 0 Å². The largest absolute Gasteiger partial charge is 0.338 e. The second-order valence-electron chi connectivity index (χ2n) is 7.35. The van der Waals surface area contributed by atoms with Gasteiger partial charge in [-0.25, -0.2) is 4.79 Å². The van der Waals surface area contributed by atoms with Crippen LogP contribution >= 0.6 is 11.8 Å². The number of carbonyl (C=O) groups excluding carboxylic acids is 1. The topological polar surface area (TPSA) is 35.6 Å². The van der Waals surface area contributed by atoms with E-state index in [1.807, 2.05) is 16.7 Å². The minimum atomic E-state index is 0.133. The van der Waals surface area contributed by atoms with Crippen LogP contribution in [0.15, 0.2) is 29.2 Å². The van der Waals surface area contributed by atoms with E-state index in [1.165, 1.54) is 23.4 Å². The predicted molar refractivity (Wildman–Crippen MR) is 105 cm³/mol. The number of aryl methyl sites for hydroxylation is 1. The van der Waals surface area contributed by atoms with E-state index in [2.05, 4.69) is 48.3 Å². The Morgan fingerprint density at radius 2 is 1.88 bits per heavy atom. The Morgan fingerprint density at radius 3 is 2.52 bits per heavy atom. The van der Waals surface area contributed by atoms with Crippen molar-refractivity contribution in [2.45, 2.75) is 43.3 Å². The molecule has 0 radical (unpaired) electrons. The first kappa shape index (κ1) is 18.6. The summed E-state index contributed by atoms with van der Waals surface area (Å²) in [5.74, 6) is 0.624. The highest BCUT2D eigenvalue weighted by atomic mass is 32.2. The smallest absolute Gasteiger partial charge is 0.317 e. The standard InChI is InChI=1S/C20H31N3OS/c1-3-22-11-8-17(15-22)14-21-20(24)23-12-9-19(10-13-23)25-18-6-4-16(2)5-7-18/h4-7,17,19H,3,8-15H2,1-2H3,(H,21,24)/t17-/m1/s1. The van der Waals surface area contributed by atoms with E-state index in [0.29, 0.717) is 11.2 Å². The number of hydrogen-bond donors (Lipinski definition) is 1. The third kappa shape index (κ3) is 5.38. The summed E-state index contributed by atoms with van der Waals surface area (Å²) in [4.78, 5) is 18.2. The lowest BCUT2D eigenvalue weighted by atomic mass is 10.1. The Balaban J connectivity index is 1.36. The van der Waals surface area contributed by atoms with Gasteiger partial charge >= 0.3 is 6.03 Å². The molecule has 2 fully saturated rings. The van der Waals surface area contributed by atoms with Gasteiger partial charge in [-0.05, 0) is 57.3 Å². The Bertz CT molecular complexity index is 555. The summed E-state index contributed by atoms with van der Waals surface area (Å²) in [6.07, 6.45) is 3.38. The SMILES string of the molecule is CCN1CC[C@H](CNC(=O)N2CCC(Sc3ccc(C)cc3)CC2)C1. The molecule has 5 heteroatoms. The third-order valence-electron chi connectivity index (χ3n) is 5.41. The first-order valence-electron chi connectivity index (χ1n) is 9.62. The van der Waals surface area contributed by atoms with Crippen LogP contribution in [-0.2, 0) is 0 Å². The van der Waals surface area contributed by atoms with Crippen LogP contribution in [0.25, 0.3) is 0 Å². The number of thioether (sulfide) groups is 1. The minimum Gasteiger partial charge on any atom is -0.338 e. The number of nitrogens with one attached hydrogen (secondary N) is 1. The van der Waals surface area contributed by atoms with E-state index >= 15 is 0 Å². The van der Waals surface area contributed by atoms with Crippen LogP contribution in [0.2, 0.25) is 0 Å². The van der Waals surface area contributed by atoms with Crippen molar-refractivity contribution in [3.63, 3.8) is 0 Å². The molecule has 1 atom stereocenters. The molecule has 0 aromatic heterocycles. The van der Waals surface area contributed by atoms with E-state index in [-0.39, 0.29) is 6.03 Å². The molecule has 2 aliphatic heterocycles. The highest BCUT2D eigenvalue weighted by molar-refractivity contribution is 8.00. The lowest BCUT2D eigenvalue weighted by Gasteiger charge is -2.32. The molecule has 0 spiro atoms. The number of hydrogen-bond acceptors (Lipinski definition) is 3. The highest BCUT2D eigenvalue weighted by Crippen LogP contribution is 2.30. The molecule has 0 saturated carbocycles. The molecule has 0 unspecified atom stereocenters. The van der Waals surface area contributed by atoms with E-state index in [1.54, 1.807) is 0 Å². The van der Waals surface area contributed by atoms with Crippen molar-refractivity contribution < 1.29 is 4.79 Å². The van der Waals surface area contributed by atoms with Crippen molar-refractivity contribution in [3.05, 3.63) is 29.8 Å². The number of urea groups is 1. The molecule has 3 rings (SSSR count). The Kier molecular flexibility index (Phi) is 6.65. The molecule has 138 valence electrons. The first-order valence-corrected chi connectivity index (χ1v) is 10.5. The van der Waals surface area contributed by atoms with Crippen LogP contribution in [0.1, 0.15) is 31.7 Å². The number of carbonyl (C=O) groups is 1. The zero-order valence-electron chi connectivity index (χ0n) is 15.5. The Labute approximate surface area is 156 Å². The predicted octanol–water partition coefficient (Wildman–Crippen LogP) is 3.60. The molecule has 0 bridgehead atoms. The van der Waals surface area contributed by atoms with Gasteiger partial charge in [-0.15, -0.1) is 11.8 Å². The molecule has 2 amide bonds. The van der Waals surface area contributed by atoms with Gasteiger partial charge in [0.2, 0.25) is 0 Å². The number of nitrogens with zero attached hydrogens (tertiary/aromatic N) is 2. The van der Waals surface area contributed by atoms with Crippen molar-refractivity contribution in [1.29, 1.82) is 0 Å². The van der Waals surface area contributed by atoms with Crippen molar-refractivity contribution in [3.8, 4) is 0 Å². The van der Waals surface area contributed by atoms with Crippen molar-refractivity contribution in [2.75, 3.05) is 39.3 Å². The van der Waals surface area contributed by atoms with Gasteiger partial charge in [0.15, 0.2) is 0 Å². The summed E-state index contributed by atoms with van der Waals surface area (Å²) in [6.45, 7) is 10.3. The number of amides is 2. The maximum absolute atomic E-state index is 12.4. The van der Waals surface area contributed by atoms with Crippen LogP contribution in [0.4, 0.5) is 4.79 Å². The fraction of sp³-hybridized carbons (Fsp3) is 0.650. The van der Waals surface area contributed by atoms with E-state index < -0.39 is 0 Å². The monoisotopic (exact) mass is 361 g/mol. The van der Waals surface area contributed by atoms with Gasteiger partial charge in [0.05, 0.1) is 0 Å². The van der Waals surface area contributed by atoms with Crippen molar-refractivity contribution >= 4 is 17.8 Å². The summed E-state index contributed by atoms with van der Waals surface area (Å²) in [5.41, 5.74) is 1.31. The maximum atomic E-state index is 12.4. The molecule has 25 heavy (non-hydrogen) atoms. The zero-order valence-corrected chi connectivity index (χ0v) is 16.4. The minimum absolute atomic E-state index is 0.133. The molecule has 1 aromatic rings. The van der Waals surface area contributed by atoms with Crippen LogP contribution in [0.3, 0.4) is 0 Å². The Morgan fingerprint density at radius 1 is 1.16 bits per heavy atom. The van der Waals surface area contributed by atoms with E-state index in [9.17, 15) is 4.79 Å². The van der Waals surface area contributed by atoms with Gasteiger partial charge in [-0.1, -0.05) is 24.6 Å². The summed E-state index contributed by atoms with van der Waals surface area (Å²) in [7, 11) is 0. The van der Waals surface area contributed by atoms with Crippen molar-refractivity contribution in [1.82, 2.24) is 15.1 Å². The van der Waals surface area contributed by atoms with Gasteiger partial charge in [-0.3, -0.25) is 0 Å². The summed E-state index contributed by atoms with van der Waals surface area (Å²) in [6, 6.07) is 8.90. The van der Waals surface area contributed by atoms with Crippen LogP contribution in [0, 0.1) is 12.8 Å². The molecule has 1 aromatic carbocycles. The quantitative estimate of drug-likeness (QED) is 0.870. The van der Waals surface area contributed by atoms with Crippen LogP contribution in [-0.4, -0.2) is 60.3 Å². The number of rotatable bonds is 5. The number of likely N-dealkylation sites (tertiary alicyclic amines) is 2. The fourth-order valence-electron chi connectivity index (χ4n) is 3.70. The molecule has 0 aliphatic carbocycles. The average molecular weight is 362 g/mol. The molecule has 2 heterocycles. The number of piperidine rings is 1. The van der Waals surface area contributed by atoms with Gasteiger partial charge in [0.25, 0.3) is 0 Å². The summed E-state index contributed by atoms with van der Waals surface area (Å²) >= 11 is 1.96. The molecule has 4 nitrogen and oxygen atoms in total. The Hall–Kier alpha value is -1.20. The van der Waals surface area contributed by atoms with Crippen LogP contribution < -0.4 is 5.32 Å².